The number of amides is 1. The number of nitrogens with one attached hydrogen (secondary N) is 2. The summed E-state index contributed by atoms with van der Waals surface area (Å²) in [6.07, 6.45) is -1.85. The minimum absolute atomic E-state index is 0.0869. The minimum Gasteiger partial charge on any atom is -0.460 e. The number of nitrogens with zero attached hydrogens (tertiary/aromatic N) is 2. The van der Waals surface area contributed by atoms with Gasteiger partial charge in [-0.15, -0.1) is 0 Å². The van der Waals surface area contributed by atoms with Crippen molar-refractivity contribution in [3.8, 4) is 5.19 Å². The summed E-state index contributed by atoms with van der Waals surface area (Å²) >= 11 is 1.20. The molecule has 0 fully saturated rings. The molecule has 0 radical (unpaired) electrons. The zero-order chi connectivity index (χ0) is 21.8. The van der Waals surface area contributed by atoms with Gasteiger partial charge in [-0.1, -0.05) is 29.5 Å². The Morgan fingerprint density at radius 2 is 2.13 bits per heavy atom. The van der Waals surface area contributed by atoms with Crippen molar-refractivity contribution >= 4 is 28.1 Å². The predicted molar refractivity (Wildman–Crippen MR) is 113 cm³/mol. The lowest BCUT2D eigenvalue weighted by molar-refractivity contribution is -0.153. The molecule has 1 aromatic carbocycles. The van der Waals surface area contributed by atoms with Crippen LogP contribution in [-0.4, -0.2) is 53.2 Å². The molecule has 1 aliphatic heterocycles. The highest BCUT2D eigenvalue weighted by Crippen LogP contribution is 2.30. The van der Waals surface area contributed by atoms with Crippen molar-refractivity contribution < 1.29 is 22.7 Å². The number of hydrogen-bond donors (Lipinski definition) is 2. The number of alkyl halides is 3. The van der Waals surface area contributed by atoms with Crippen molar-refractivity contribution in [3.63, 3.8) is 0 Å². The molecule has 166 valence electrons. The first-order chi connectivity index (χ1) is 14.9. The maximum atomic E-state index is 12.3. The van der Waals surface area contributed by atoms with Crippen LogP contribution in [0.5, 0.6) is 5.19 Å². The third-order valence-electron chi connectivity index (χ3n) is 5.11. The van der Waals surface area contributed by atoms with Crippen LogP contribution in [0.15, 0.2) is 30.3 Å². The summed E-state index contributed by atoms with van der Waals surface area (Å²) in [5.74, 6) is -0.118. The molecule has 1 aliphatic rings. The first kappa shape index (κ1) is 21.6. The number of aromatic amines is 1. The molecule has 1 amide bonds. The van der Waals surface area contributed by atoms with Crippen LogP contribution in [0.2, 0.25) is 0 Å². The largest absolute Gasteiger partial charge is 0.460 e. The van der Waals surface area contributed by atoms with Gasteiger partial charge in [0.05, 0.1) is 5.69 Å². The van der Waals surface area contributed by atoms with E-state index in [0.29, 0.717) is 18.8 Å². The molecule has 0 spiro atoms. The molecule has 10 heteroatoms. The van der Waals surface area contributed by atoms with Gasteiger partial charge in [0.2, 0.25) is 0 Å². The molecule has 0 bridgehead atoms. The second-order valence-corrected chi connectivity index (χ2v) is 8.56. The number of rotatable bonds is 8. The van der Waals surface area contributed by atoms with E-state index >= 15 is 0 Å². The lowest BCUT2D eigenvalue weighted by Crippen LogP contribution is -2.31. The van der Waals surface area contributed by atoms with E-state index in [4.69, 9.17) is 4.74 Å². The zero-order valence-electron chi connectivity index (χ0n) is 16.8. The molecule has 0 aliphatic carbocycles. The molecule has 0 atom stereocenters. The Balaban J connectivity index is 1.17. The van der Waals surface area contributed by atoms with E-state index in [2.05, 4.69) is 20.2 Å². The highest BCUT2D eigenvalue weighted by Gasteiger charge is 2.30. The standard InChI is InChI=1S/C21H23F3N4O2S/c22-21(23,24)13-30-20-27-17-12-28(10-7-18(17)31-20)9-4-3-8-25-19(29)16-11-14-5-1-2-6-15(14)26-16/h1-2,5-6,11,26H,3-4,7-10,12-13H2,(H,25,29). The van der Waals surface area contributed by atoms with Crippen LogP contribution in [0.3, 0.4) is 0 Å². The Morgan fingerprint density at radius 3 is 2.94 bits per heavy atom. The molecule has 0 unspecified atom stereocenters. The number of carbonyl (C=O) groups excluding carboxylic acids is 1. The fraction of sp³-hybridized carbons (Fsp3) is 0.429. The lowest BCUT2D eigenvalue weighted by atomic mass is 10.1. The molecular formula is C21H23F3N4O2S. The first-order valence-electron chi connectivity index (χ1n) is 10.1. The third-order valence-corrected chi connectivity index (χ3v) is 6.18. The Bertz CT molecular complexity index is 1010. The van der Waals surface area contributed by atoms with Gasteiger partial charge >= 0.3 is 6.18 Å². The van der Waals surface area contributed by atoms with Gasteiger partial charge in [0, 0.05) is 35.4 Å². The number of hydrogen-bond acceptors (Lipinski definition) is 5. The van der Waals surface area contributed by atoms with Gasteiger partial charge in [-0.3, -0.25) is 9.69 Å². The van der Waals surface area contributed by atoms with Gasteiger partial charge in [-0.25, -0.2) is 4.98 Å². The first-order valence-corrected chi connectivity index (χ1v) is 11.0. The summed E-state index contributed by atoms with van der Waals surface area (Å²) < 4.78 is 41.7. The second-order valence-electron chi connectivity index (χ2n) is 7.51. The number of aromatic nitrogens is 2. The summed E-state index contributed by atoms with van der Waals surface area (Å²) in [6, 6.07) is 9.59. The average molecular weight is 453 g/mol. The van der Waals surface area contributed by atoms with Crippen molar-refractivity contribution in [1.29, 1.82) is 0 Å². The van der Waals surface area contributed by atoms with Crippen LogP contribution in [0.4, 0.5) is 13.2 Å². The van der Waals surface area contributed by atoms with Gasteiger partial charge < -0.3 is 15.0 Å². The number of benzene rings is 1. The van der Waals surface area contributed by atoms with E-state index in [1.165, 1.54) is 11.3 Å². The predicted octanol–water partition coefficient (Wildman–Crippen LogP) is 4.13. The van der Waals surface area contributed by atoms with Crippen molar-refractivity contribution in [1.82, 2.24) is 20.2 Å². The zero-order valence-corrected chi connectivity index (χ0v) is 17.6. The average Bonchev–Trinajstić information content (AvgIpc) is 3.34. The summed E-state index contributed by atoms with van der Waals surface area (Å²) in [5, 5.41) is 4.03. The molecule has 2 aromatic heterocycles. The van der Waals surface area contributed by atoms with E-state index in [1.807, 2.05) is 30.3 Å². The number of ether oxygens (including phenoxy) is 1. The highest BCUT2D eigenvalue weighted by atomic mass is 32.1. The van der Waals surface area contributed by atoms with E-state index in [-0.39, 0.29) is 11.1 Å². The van der Waals surface area contributed by atoms with Gasteiger partial charge in [-0.05, 0) is 37.9 Å². The SMILES string of the molecule is O=C(NCCCCN1CCc2sc(OCC(F)(F)F)nc2C1)c1cc2ccccc2[nH]1. The lowest BCUT2D eigenvalue weighted by Gasteiger charge is -2.25. The van der Waals surface area contributed by atoms with Crippen LogP contribution in [0, 0.1) is 0 Å². The molecule has 4 rings (SSSR count). The number of carbonyl (C=O) groups is 1. The molecular weight excluding hydrogens is 429 g/mol. The highest BCUT2D eigenvalue weighted by molar-refractivity contribution is 7.13. The Kier molecular flexibility index (Phi) is 6.47. The molecule has 0 saturated carbocycles. The van der Waals surface area contributed by atoms with Crippen molar-refractivity contribution in [2.75, 3.05) is 26.2 Å². The number of halogens is 3. The quantitative estimate of drug-likeness (QED) is 0.504. The van der Waals surface area contributed by atoms with E-state index in [1.54, 1.807) is 0 Å². The molecule has 3 aromatic rings. The van der Waals surface area contributed by atoms with Crippen molar-refractivity contribution in [2.24, 2.45) is 0 Å². The Labute approximate surface area is 181 Å². The second kappa shape index (κ2) is 9.27. The minimum atomic E-state index is -4.36. The molecule has 6 nitrogen and oxygen atoms in total. The number of para-hydroxylation sites is 1. The Morgan fingerprint density at radius 1 is 1.29 bits per heavy atom. The third kappa shape index (κ3) is 5.76. The van der Waals surface area contributed by atoms with E-state index < -0.39 is 12.8 Å². The van der Waals surface area contributed by atoms with Crippen LogP contribution in [0.25, 0.3) is 10.9 Å². The van der Waals surface area contributed by atoms with Crippen LogP contribution < -0.4 is 10.1 Å². The molecule has 0 saturated heterocycles. The van der Waals surface area contributed by atoms with Crippen molar-refractivity contribution in [3.05, 3.63) is 46.6 Å². The maximum Gasteiger partial charge on any atom is 0.422 e. The smallest absolute Gasteiger partial charge is 0.422 e. The molecule has 3 heterocycles. The number of H-pyrrole nitrogens is 1. The van der Waals surface area contributed by atoms with Crippen molar-refractivity contribution in [2.45, 2.75) is 32.0 Å². The fourth-order valence-electron chi connectivity index (χ4n) is 3.58. The number of unbranched alkanes of at least 4 members (excludes halogenated alkanes) is 1. The normalized spacial score (nSPS) is 14.5. The van der Waals surface area contributed by atoms with Crippen LogP contribution >= 0.6 is 11.3 Å². The van der Waals surface area contributed by atoms with Crippen LogP contribution in [-0.2, 0) is 13.0 Å². The summed E-state index contributed by atoms with van der Waals surface area (Å²) in [4.78, 5) is 22.9. The Hall–Kier alpha value is -2.59. The fourth-order valence-corrected chi connectivity index (χ4v) is 4.48. The molecule has 31 heavy (non-hydrogen) atoms. The monoisotopic (exact) mass is 452 g/mol. The molecule has 2 N–H and O–H groups in total. The van der Waals surface area contributed by atoms with E-state index in [9.17, 15) is 18.0 Å². The van der Waals surface area contributed by atoms with E-state index in [0.717, 1.165) is 53.8 Å². The van der Waals surface area contributed by atoms with Crippen LogP contribution in [0.1, 0.15) is 33.9 Å². The van der Waals surface area contributed by atoms with Gasteiger partial charge in [-0.2, -0.15) is 13.2 Å². The number of thiazole rings is 1. The van der Waals surface area contributed by atoms with Gasteiger partial charge in [0.15, 0.2) is 6.61 Å². The topological polar surface area (TPSA) is 70.2 Å². The summed E-state index contributed by atoms with van der Waals surface area (Å²) in [7, 11) is 0. The van der Waals surface area contributed by atoms with Gasteiger partial charge in [0.1, 0.15) is 5.69 Å². The summed E-state index contributed by atoms with van der Waals surface area (Å²) in [5.41, 5.74) is 2.29. The summed E-state index contributed by atoms with van der Waals surface area (Å²) in [6.45, 7) is 1.57. The van der Waals surface area contributed by atoms with Gasteiger partial charge in [0.25, 0.3) is 11.1 Å². The number of fused-ring (bicyclic) bond motifs is 2. The maximum absolute atomic E-state index is 12.3.